The Balaban J connectivity index is 1.44. The van der Waals surface area contributed by atoms with Crippen LogP contribution in [0.2, 0.25) is 0 Å². The van der Waals surface area contributed by atoms with Gasteiger partial charge in [-0.1, -0.05) is 37.5 Å². The van der Waals surface area contributed by atoms with E-state index in [-0.39, 0.29) is 16.5 Å². The summed E-state index contributed by atoms with van der Waals surface area (Å²) in [5, 5.41) is 3.65. The number of hydrazine groups is 1. The van der Waals surface area contributed by atoms with E-state index in [9.17, 15) is 24.0 Å². The molecular weight excluding hydrogens is 426 g/mol. The number of H-pyrrole nitrogens is 1. The number of para-hydroxylation sites is 1. The highest BCUT2D eigenvalue weighted by atomic mass is 16.2. The number of amides is 4. The number of urea groups is 1. The van der Waals surface area contributed by atoms with Crippen molar-refractivity contribution in [1.29, 1.82) is 0 Å². The minimum Gasteiger partial charge on any atom is -0.322 e. The maximum Gasteiger partial charge on any atom is 0.344 e. The highest BCUT2D eigenvalue weighted by Gasteiger charge is 2.52. The summed E-state index contributed by atoms with van der Waals surface area (Å²) < 4.78 is 1.01. The second kappa shape index (κ2) is 7.73. The third kappa shape index (κ3) is 3.39. The van der Waals surface area contributed by atoms with Gasteiger partial charge in [-0.25, -0.2) is 14.2 Å². The Kier molecular flexibility index (Phi) is 4.85. The average molecular weight is 447 g/mol. The zero-order valence-electron chi connectivity index (χ0n) is 17.6. The fraction of sp³-hybridized carbons (Fsp3) is 0.261. The topological polar surface area (TPSA) is 133 Å². The number of hydrogen-bond acceptors (Lipinski definition) is 5. The lowest BCUT2D eigenvalue weighted by Gasteiger charge is -2.30. The summed E-state index contributed by atoms with van der Waals surface area (Å²) in [6, 6.07) is 12.0. The number of hydrogen-bond donors (Lipinski definition) is 3. The Morgan fingerprint density at radius 1 is 0.939 bits per heavy atom. The minimum absolute atomic E-state index is 0.0835. The van der Waals surface area contributed by atoms with Gasteiger partial charge in [-0.05, 0) is 43.2 Å². The van der Waals surface area contributed by atoms with Crippen LogP contribution < -0.4 is 22.0 Å². The normalized spacial score (nSPS) is 17.4. The van der Waals surface area contributed by atoms with Crippen molar-refractivity contribution in [2.75, 3.05) is 0 Å². The Hall–Kier alpha value is -4.21. The molecule has 2 aliphatic rings. The Labute approximate surface area is 187 Å². The van der Waals surface area contributed by atoms with Crippen molar-refractivity contribution in [1.82, 2.24) is 25.3 Å². The number of rotatable bonds is 3. The van der Waals surface area contributed by atoms with Crippen LogP contribution in [0.4, 0.5) is 4.79 Å². The van der Waals surface area contributed by atoms with Crippen LogP contribution >= 0.6 is 0 Å². The van der Waals surface area contributed by atoms with E-state index in [1.54, 1.807) is 30.3 Å². The summed E-state index contributed by atoms with van der Waals surface area (Å²) in [6.07, 6.45) is 3.72. The van der Waals surface area contributed by atoms with E-state index < -0.39 is 34.6 Å². The van der Waals surface area contributed by atoms with Crippen LogP contribution in [-0.4, -0.2) is 37.9 Å². The summed E-state index contributed by atoms with van der Waals surface area (Å²) in [5.41, 5.74) is 0.895. The summed E-state index contributed by atoms with van der Waals surface area (Å²) in [5.74, 6) is -1.18. The molecule has 0 bridgehead atoms. The summed E-state index contributed by atoms with van der Waals surface area (Å²) in [7, 11) is 0. The van der Waals surface area contributed by atoms with Gasteiger partial charge >= 0.3 is 11.7 Å². The van der Waals surface area contributed by atoms with Crippen LogP contribution in [0.5, 0.6) is 0 Å². The number of imide groups is 1. The number of fused-ring (bicyclic) bond motifs is 1. The van der Waals surface area contributed by atoms with Crippen LogP contribution in [-0.2, 0) is 4.79 Å². The molecule has 0 radical (unpaired) electrons. The maximum absolute atomic E-state index is 12.9. The van der Waals surface area contributed by atoms with Gasteiger partial charge in [-0.15, -0.1) is 0 Å². The fourth-order valence-corrected chi connectivity index (χ4v) is 4.55. The van der Waals surface area contributed by atoms with Crippen molar-refractivity contribution >= 4 is 28.7 Å². The lowest BCUT2D eigenvalue weighted by atomic mass is 9.82. The van der Waals surface area contributed by atoms with E-state index in [1.807, 2.05) is 0 Å². The molecule has 1 aliphatic carbocycles. The van der Waals surface area contributed by atoms with Gasteiger partial charge in [0.2, 0.25) is 0 Å². The van der Waals surface area contributed by atoms with E-state index in [2.05, 4.69) is 15.7 Å². The van der Waals surface area contributed by atoms with Crippen molar-refractivity contribution in [2.24, 2.45) is 0 Å². The number of benzene rings is 2. The van der Waals surface area contributed by atoms with E-state index in [0.29, 0.717) is 23.5 Å². The zero-order valence-corrected chi connectivity index (χ0v) is 17.6. The highest BCUT2D eigenvalue weighted by molar-refractivity contribution is 6.09. The van der Waals surface area contributed by atoms with Crippen molar-refractivity contribution in [3.8, 4) is 5.69 Å². The Bertz CT molecular complexity index is 1400. The van der Waals surface area contributed by atoms with Crippen LogP contribution in [0.3, 0.4) is 0 Å². The molecule has 168 valence electrons. The first-order valence-electron chi connectivity index (χ1n) is 10.7. The fourth-order valence-electron chi connectivity index (χ4n) is 4.55. The molecule has 1 aliphatic heterocycles. The molecular formula is C23H21N5O5. The van der Waals surface area contributed by atoms with Gasteiger partial charge in [-0.2, -0.15) is 5.01 Å². The molecule has 33 heavy (non-hydrogen) atoms. The van der Waals surface area contributed by atoms with Crippen molar-refractivity contribution in [3.05, 3.63) is 74.9 Å². The van der Waals surface area contributed by atoms with Gasteiger partial charge in [-0.3, -0.25) is 19.8 Å². The number of aromatic amines is 1. The molecule has 10 nitrogen and oxygen atoms in total. The minimum atomic E-state index is -0.959. The van der Waals surface area contributed by atoms with Crippen LogP contribution in [0.1, 0.15) is 42.5 Å². The van der Waals surface area contributed by atoms with Crippen molar-refractivity contribution < 1.29 is 14.4 Å². The third-order valence-electron chi connectivity index (χ3n) is 6.26. The molecule has 1 saturated carbocycles. The molecule has 10 heteroatoms. The maximum atomic E-state index is 12.9. The Morgan fingerprint density at radius 2 is 1.67 bits per heavy atom. The smallest absolute Gasteiger partial charge is 0.322 e. The summed E-state index contributed by atoms with van der Waals surface area (Å²) >= 11 is 0. The molecule has 0 unspecified atom stereocenters. The zero-order chi connectivity index (χ0) is 23.2. The second-order valence-corrected chi connectivity index (χ2v) is 8.32. The summed E-state index contributed by atoms with van der Waals surface area (Å²) in [6.45, 7) is 0. The van der Waals surface area contributed by atoms with Gasteiger partial charge in [0, 0.05) is 5.56 Å². The second-order valence-electron chi connectivity index (χ2n) is 8.32. The molecule has 4 amide bonds. The van der Waals surface area contributed by atoms with Crippen molar-refractivity contribution in [3.63, 3.8) is 0 Å². The molecule has 1 saturated heterocycles. The Morgan fingerprint density at radius 3 is 2.39 bits per heavy atom. The van der Waals surface area contributed by atoms with Gasteiger partial charge in [0.15, 0.2) is 0 Å². The first-order valence-corrected chi connectivity index (χ1v) is 10.7. The number of nitrogens with zero attached hydrogens (tertiary/aromatic N) is 2. The summed E-state index contributed by atoms with van der Waals surface area (Å²) in [4.78, 5) is 66.2. The van der Waals surface area contributed by atoms with E-state index in [4.69, 9.17) is 0 Å². The lowest BCUT2D eigenvalue weighted by Crippen LogP contribution is -2.50. The quantitative estimate of drug-likeness (QED) is 0.524. The van der Waals surface area contributed by atoms with E-state index >= 15 is 0 Å². The number of carbonyl (C=O) groups excluding carboxylic acids is 3. The van der Waals surface area contributed by atoms with E-state index in [1.165, 1.54) is 18.2 Å². The molecule has 2 heterocycles. The molecule has 2 fully saturated rings. The first-order chi connectivity index (χ1) is 15.9. The predicted octanol–water partition coefficient (Wildman–Crippen LogP) is 1.58. The van der Waals surface area contributed by atoms with Crippen LogP contribution in [0, 0.1) is 0 Å². The number of carbonyl (C=O) groups is 3. The van der Waals surface area contributed by atoms with Crippen molar-refractivity contribution in [2.45, 2.75) is 37.6 Å². The number of aromatic nitrogens is 2. The molecule has 0 atom stereocenters. The van der Waals surface area contributed by atoms with E-state index in [0.717, 1.165) is 23.8 Å². The largest absolute Gasteiger partial charge is 0.344 e. The lowest BCUT2D eigenvalue weighted by molar-refractivity contribution is -0.134. The molecule has 2 aromatic carbocycles. The standard InChI is InChI=1S/C23H21N5O5/c29-18(26-28-20(31)23(25-22(28)33)11-5-2-6-12-23)14-9-10-16-17(13-14)24-21(32)27(19(16)30)15-7-3-1-4-8-15/h1,3-4,7-10,13H,2,5-6,11-12H2,(H,24,32)(H,25,33)(H,26,29). The molecule has 3 aromatic rings. The first kappa shape index (κ1) is 20.7. The van der Waals surface area contributed by atoms with Gasteiger partial charge in [0.25, 0.3) is 17.4 Å². The van der Waals surface area contributed by atoms with Crippen LogP contribution in [0.15, 0.2) is 58.1 Å². The molecule has 3 N–H and O–H groups in total. The molecule has 5 rings (SSSR count). The molecule has 1 aromatic heterocycles. The highest BCUT2D eigenvalue weighted by Crippen LogP contribution is 2.33. The predicted molar refractivity (Wildman–Crippen MR) is 119 cm³/mol. The number of nitrogens with one attached hydrogen (secondary N) is 3. The average Bonchev–Trinajstić information content (AvgIpc) is 3.03. The molecule has 1 spiro atoms. The van der Waals surface area contributed by atoms with Crippen LogP contribution in [0.25, 0.3) is 16.6 Å². The van der Waals surface area contributed by atoms with Gasteiger partial charge in [0.05, 0.1) is 16.6 Å². The third-order valence-corrected chi connectivity index (χ3v) is 6.26. The van der Waals surface area contributed by atoms with Gasteiger partial charge in [0.1, 0.15) is 5.54 Å². The van der Waals surface area contributed by atoms with Gasteiger partial charge < -0.3 is 10.3 Å². The monoisotopic (exact) mass is 447 g/mol. The SMILES string of the molecule is O=C(NN1C(=O)NC2(CCCCC2)C1=O)c1ccc2c(=O)n(-c3ccccc3)c(=O)[nH]c2c1.